The molecule has 4 heteroatoms. The molecule has 1 rings (SSSR count). The molecule has 1 heterocycles. The van der Waals surface area contributed by atoms with Crippen LogP contribution in [0.2, 0.25) is 0 Å². The Morgan fingerprint density at radius 1 is 1.73 bits per heavy atom. The lowest BCUT2D eigenvalue weighted by atomic mass is 10.1. The molecular formula is C11H18N2OS. The topological polar surface area (TPSA) is 41.1 Å². The maximum atomic E-state index is 11.4. The van der Waals surface area contributed by atoms with Gasteiger partial charge in [-0.25, -0.2) is 0 Å². The zero-order valence-electron chi connectivity index (χ0n) is 9.08. The van der Waals surface area contributed by atoms with Gasteiger partial charge in [-0.1, -0.05) is 5.92 Å². The number of carbonyl (C=O) groups excluding carboxylic acids is 1. The maximum Gasteiger partial charge on any atom is 0.237 e. The summed E-state index contributed by atoms with van der Waals surface area (Å²) in [5, 5.41) is 5.90. The van der Waals surface area contributed by atoms with E-state index in [1.54, 1.807) is 0 Å². The first kappa shape index (κ1) is 12.4. The summed E-state index contributed by atoms with van der Waals surface area (Å²) < 4.78 is 0. The van der Waals surface area contributed by atoms with Crippen LogP contribution in [-0.2, 0) is 4.79 Å². The molecule has 0 aromatic rings. The Kier molecular flexibility index (Phi) is 5.59. The van der Waals surface area contributed by atoms with Crippen molar-refractivity contribution in [3.63, 3.8) is 0 Å². The van der Waals surface area contributed by atoms with Gasteiger partial charge in [-0.05, 0) is 37.3 Å². The van der Waals surface area contributed by atoms with Crippen molar-refractivity contribution >= 4 is 17.7 Å². The Morgan fingerprint density at radius 2 is 2.53 bits per heavy atom. The molecule has 0 aromatic heterocycles. The van der Waals surface area contributed by atoms with Crippen molar-refractivity contribution in [2.24, 2.45) is 5.92 Å². The highest BCUT2D eigenvalue weighted by Crippen LogP contribution is 2.22. The molecule has 0 aromatic carbocycles. The van der Waals surface area contributed by atoms with E-state index < -0.39 is 0 Å². The van der Waals surface area contributed by atoms with Gasteiger partial charge >= 0.3 is 0 Å². The van der Waals surface area contributed by atoms with E-state index in [1.165, 1.54) is 17.9 Å². The molecule has 2 unspecified atom stereocenters. The van der Waals surface area contributed by atoms with Crippen LogP contribution in [0, 0.1) is 18.3 Å². The van der Waals surface area contributed by atoms with Crippen LogP contribution >= 0.6 is 11.8 Å². The van der Waals surface area contributed by atoms with Gasteiger partial charge in [0.2, 0.25) is 5.91 Å². The Hall–Kier alpha value is -0.660. The number of rotatable bonds is 5. The Balaban J connectivity index is 2.14. The highest BCUT2D eigenvalue weighted by molar-refractivity contribution is 7.99. The quantitative estimate of drug-likeness (QED) is 0.670. The van der Waals surface area contributed by atoms with Crippen LogP contribution in [0.25, 0.3) is 0 Å². The minimum atomic E-state index is -0.149. The van der Waals surface area contributed by atoms with Crippen molar-refractivity contribution in [3.8, 4) is 12.3 Å². The lowest BCUT2D eigenvalue weighted by Crippen LogP contribution is -2.43. The SMILES string of the molecule is C#CCNC(=O)C(C)NCC1CCSC1. The lowest BCUT2D eigenvalue weighted by molar-refractivity contribution is -0.122. The van der Waals surface area contributed by atoms with Gasteiger partial charge in [0, 0.05) is 0 Å². The van der Waals surface area contributed by atoms with Crippen molar-refractivity contribution in [1.82, 2.24) is 10.6 Å². The minimum Gasteiger partial charge on any atom is -0.344 e. The average Bonchev–Trinajstić information content (AvgIpc) is 2.75. The van der Waals surface area contributed by atoms with Crippen molar-refractivity contribution < 1.29 is 4.79 Å². The van der Waals surface area contributed by atoms with Gasteiger partial charge in [0.25, 0.3) is 0 Å². The summed E-state index contributed by atoms with van der Waals surface area (Å²) in [4.78, 5) is 11.4. The highest BCUT2D eigenvalue weighted by Gasteiger charge is 2.18. The first-order chi connectivity index (χ1) is 7.24. The van der Waals surface area contributed by atoms with E-state index in [1.807, 2.05) is 18.7 Å². The summed E-state index contributed by atoms with van der Waals surface area (Å²) in [5.41, 5.74) is 0. The second kappa shape index (κ2) is 6.76. The normalized spacial score (nSPS) is 22.0. The van der Waals surface area contributed by atoms with Gasteiger partial charge < -0.3 is 10.6 Å². The molecule has 2 atom stereocenters. The smallest absolute Gasteiger partial charge is 0.237 e. The molecule has 84 valence electrons. The third-order valence-electron chi connectivity index (χ3n) is 2.49. The van der Waals surface area contributed by atoms with Gasteiger partial charge in [0.05, 0.1) is 12.6 Å². The molecule has 0 radical (unpaired) electrons. The summed E-state index contributed by atoms with van der Waals surface area (Å²) in [5.74, 6) is 5.56. The summed E-state index contributed by atoms with van der Waals surface area (Å²) in [6.45, 7) is 3.11. The molecular weight excluding hydrogens is 208 g/mol. The summed E-state index contributed by atoms with van der Waals surface area (Å²) in [6.07, 6.45) is 6.32. The van der Waals surface area contributed by atoms with Gasteiger partial charge in [0.1, 0.15) is 0 Å². The first-order valence-corrected chi connectivity index (χ1v) is 6.41. The standard InChI is InChI=1S/C11H18N2OS/c1-3-5-12-11(14)9(2)13-7-10-4-6-15-8-10/h1,9-10,13H,4-8H2,2H3,(H,12,14). The van der Waals surface area contributed by atoms with Gasteiger partial charge in [-0.2, -0.15) is 11.8 Å². The predicted octanol–water partition coefficient (Wildman–Crippen LogP) is 0.467. The number of carbonyl (C=O) groups is 1. The number of amides is 1. The Labute approximate surface area is 95.8 Å². The molecule has 15 heavy (non-hydrogen) atoms. The van der Waals surface area contributed by atoms with Crippen molar-refractivity contribution in [2.45, 2.75) is 19.4 Å². The molecule has 1 saturated heterocycles. The van der Waals surface area contributed by atoms with Crippen molar-refractivity contribution in [3.05, 3.63) is 0 Å². The van der Waals surface area contributed by atoms with Crippen LogP contribution in [0.1, 0.15) is 13.3 Å². The zero-order valence-corrected chi connectivity index (χ0v) is 9.90. The largest absolute Gasteiger partial charge is 0.344 e. The van der Waals surface area contributed by atoms with Gasteiger partial charge in [-0.3, -0.25) is 4.79 Å². The summed E-state index contributed by atoms with van der Waals surface area (Å²) in [6, 6.07) is -0.149. The van der Waals surface area contributed by atoms with Crippen molar-refractivity contribution in [2.75, 3.05) is 24.6 Å². The Bertz CT molecular complexity index is 243. The van der Waals surface area contributed by atoms with E-state index in [4.69, 9.17) is 6.42 Å². The molecule has 0 saturated carbocycles. The van der Waals surface area contributed by atoms with E-state index in [0.717, 1.165) is 12.5 Å². The van der Waals surface area contributed by atoms with Crippen LogP contribution in [0.3, 0.4) is 0 Å². The molecule has 1 amide bonds. The molecule has 1 aliphatic heterocycles. The van der Waals surface area contributed by atoms with Crippen LogP contribution in [-0.4, -0.2) is 36.5 Å². The van der Waals surface area contributed by atoms with Crippen LogP contribution in [0.5, 0.6) is 0 Å². The van der Waals surface area contributed by atoms with Crippen molar-refractivity contribution in [1.29, 1.82) is 0 Å². The molecule has 0 spiro atoms. The maximum absolute atomic E-state index is 11.4. The van der Waals surface area contributed by atoms with E-state index in [2.05, 4.69) is 16.6 Å². The molecule has 2 N–H and O–H groups in total. The van der Waals surface area contributed by atoms with E-state index in [9.17, 15) is 4.79 Å². The number of nitrogens with one attached hydrogen (secondary N) is 2. The minimum absolute atomic E-state index is 0.0152. The number of hydrogen-bond acceptors (Lipinski definition) is 3. The van der Waals surface area contributed by atoms with Gasteiger partial charge in [-0.15, -0.1) is 6.42 Å². The molecule has 1 aliphatic rings. The molecule has 0 aliphatic carbocycles. The fraction of sp³-hybridized carbons (Fsp3) is 0.727. The van der Waals surface area contributed by atoms with Crippen LogP contribution in [0.4, 0.5) is 0 Å². The third kappa shape index (κ3) is 4.59. The summed E-state index contributed by atoms with van der Waals surface area (Å²) >= 11 is 1.99. The second-order valence-corrected chi connectivity index (χ2v) is 4.93. The van der Waals surface area contributed by atoms with Crippen LogP contribution < -0.4 is 10.6 Å². The lowest BCUT2D eigenvalue weighted by Gasteiger charge is -2.15. The summed E-state index contributed by atoms with van der Waals surface area (Å²) in [7, 11) is 0. The fourth-order valence-corrected chi connectivity index (χ4v) is 2.76. The van der Waals surface area contributed by atoms with E-state index in [0.29, 0.717) is 6.54 Å². The number of terminal acetylenes is 1. The molecule has 1 fully saturated rings. The average molecular weight is 226 g/mol. The predicted molar refractivity (Wildman–Crippen MR) is 64.7 cm³/mol. The highest BCUT2D eigenvalue weighted by atomic mass is 32.2. The van der Waals surface area contributed by atoms with Gasteiger partial charge in [0.15, 0.2) is 0 Å². The van der Waals surface area contributed by atoms with E-state index >= 15 is 0 Å². The Morgan fingerprint density at radius 3 is 3.13 bits per heavy atom. The first-order valence-electron chi connectivity index (χ1n) is 5.26. The fourth-order valence-electron chi connectivity index (χ4n) is 1.47. The molecule has 0 bridgehead atoms. The van der Waals surface area contributed by atoms with Crippen LogP contribution in [0.15, 0.2) is 0 Å². The monoisotopic (exact) mass is 226 g/mol. The van der Waals surface area contributed by atoms with E-state index in [-0.39, 0.29) is 11.9 Å². The number of thioether (sulfide) groups is 1. The number of hydrogen-bond donors (Lipinski definition) is 2. The third-order valence-corrected chi connectivity index (χ3v) is 3.73. The zero-order chi connectivity index (χ0) is 11.1. The molecule has 3 nitrogen and oxygen atoms in total. The second-order valence-electron chi connectivity index (χ2n) is 3.78.